The second kappa shape index (κ2) is 6.20. The van der Waals surface area contributed by atoms with Gasteiger partial charge >= 0.3 is 0 Å². The van der Waals surface area contributed by atoms with Crippen molar-refractivity contribution < 1.29 is 4.39 Å². The van der Waals surface area contributed by atoms with Crippen LogP contribution >= 0.6 is 15.9 Å². The summed E-state index contributed by atoms with van der Waals surface area (Å²) in [4.78, 5) is 0. The number of benzene rings is 1. The predicted octanol–water partition coefficient (Wildman–Crippen LogP) is 2.72. The van der Waals surface area contributed by atoms with Gasteiger partial charge in [-0.15, -0.1) is 0 Å². The fourth-order valence-electron chi connectivity index (χ4n) is 1.47. The first kappa shape index (κ1) is 12.6. The molecular formula is C11H16BrFN2. The van der Waals surface area contributed by atoms with Crippen molar-refractivity contribution in [3.8, 4) is 0 Å². The maximum absolute atomic E-state index is 12.8. The molecule has 0 heterocycles. The van der Waals surface area contributed by atoms with E-state index in [0.717, 1.165) is 29.3 Å². The highest BCUT2D eigenvalue weighted by Gasteiger charge is 2.09. The average Bonchev–Trinajstić information content (AvgIpc) is 2.17. The van der Waals surface area contributed by atoms with Crippen LogP contribution in [0.5, 0.6) is 0 Å². The van der Waals surface area contributed by atoms with Crippen molar-refractivity contribution in [2.24, 2.45) is 11.5 Å². The van der Waals surface area contributed by atoms with Crippen molar-refractivity contribution in [3.05, 3.63) is 34.1 Å². The molecule has 84 valence electrons. The lowest BCUT2D eigenvalue weighted by Gasteiger charge is -2.13. The molecule has 0 unspecified atom stereocenters. The van der Waals surface area contributed by atoms with Crippen molar-refractivity contribution in [2.45, 2.75) is 25.3 Å². The summed E-state index contributed by atoms with van der Waals surface area (Å²) in [7, 11) is 0. The molecule has 0 bridgehead atoms. The molecule has 0 aliphatic heterocycles. The summed E-state index contributed by atoms with van der Waals surface area (Å²) in [5.41, 5.74) is 12.3. The Kier molecular flexibility index (Phi) is 5.22. The Bertz CT molecular complexity index is 317. The van der Waals surface area contributed by atoms with Crippen LogP contribution in [0.1, 0.15) is 30.9 Å². The molecule has 0 aliphatic rings. The summed E-state index contributed by atoms with van der Waals surface area (Å²) >= 11 is 3.31. The van der Waals surface area contributed by atoms with Crippen LogP contribution < -0.4 is 11.5 Å². The number of hydrogen-bond donors (Lipinski definition) is 2. The van der Waals surface area contributed by atoms with Crippen molar-refractivity contribution in [2.75, 3.05) is 6.54 Å². The molecule has 0 radical (unpaired) electrons. The molecule has 0 fully saturated rings. The number of rotatable bonds is 5. The van der Waals surface area contributed by atoms with Crippen LogP contribution in [0.4, 0.5) is 4.39 Å². The van der Waals surface area contributed by atoms with Gasteiger partial charge in [0, 0.05) is 10.5 Å². The SMILES string of the molecule is NCCCC[C@H](N)c1ccc(F)cc1Br. The average molecular weight is 275 g/mol. The maximum Gasteiger partial charge on any atom is 0.124 e. The molecule has 0 saturated carbocycles. The predicted molar refractivity (Wildman–Crippen MR) is 63.9 cm³/mol. The van der Waals surface area contributed by atoms with E-state index in [1.807, 2.05) is 0 Å². The second-order valence-corrected chi connectivity index (χ2v) is 4.41. The quantitative estimate of drug-likeness (QED) is 0.812. The van der Waals surface area contributed by atoms with E-state index in [2.05, 4.69) is 15.9 Å². The number of hydrogen-bond acceptors (Lipinski definition) is 2. The van der Waals surface area contributed by atoms with Gasteiger partial charge in [0.25, 0.3) is 0 Å². The number of halogens is 2. The van der Waals surface area contributed by atoms with E-state index in [0.29, 0.717) is 6.54 Å². The molecule has 2 nitrogen and oxygen atoms in total. The topological polar surface area (TPSA) is 52.0 Å². The highest BCUT2D eigenvalue weighted by atomic mass is 79.9. The monoisotopic (exact) mass is 274 g/mol. The molecule has 0 saturated heterocycles. The zero-order valence-corrected chi connectivity index (χ0v) is 10.1. The second-order valence-electron chi connectivity index (χ2n) is 3.56. The van der Waals surface area contributed by atoms with Crippen LogP contribution in [0.2, 0.25) is 0 Å². The standard InChI is InChI=1S/C11H16BrFN2/c12-10-7-8(13)4-5-9(10)11(15)3-1-2-6-14/h4-5,7,11H,1-3,6,14-15H2/t11-/m0/s1. The molecule has 1 rings (SSSR count). The van der Waals surface area contributed by atoms with Crippen molar-refractivity contribution in [3.63, 3.8) is 0 Å². The largest absolute Gasteiger partial charge is 0.330 e. The third-order valence-corrected chi connectivity index (χ3v) is 3.02. The van der Waals surface area contributed by atoms with Gasteiger partial charge in [-0.25, -0.2) is 4.39 Å². The molecule has 1 aromatic carbocycles. The van der Waals surface area contributed by atoms with E-state index in [1.165, 1.54) is 12.1 Å². The summed E-state index contributed by atoms with van der Waals surface area (Å²) in [6.07, 6.45) is 2.86. The van der Waals surface area contributed by atoms with Gasteiger partial charge in [-0.3, -0.25) is 0 Å². The zero-order chi connectivity index (χ0) is 11.3. The van der Waals surface area contributed by atoms with Crippen molar-refractivity contribution >= 4 is 15.9 Å². The molecule has 4 N–H and O–H groups in total. The zero-order valence-electron chi connectivity index (χ0n) is 8.55. The Morgan fingerprint density at radius 2 is 2.07 bits per heavy atom. The van der Waals surface area contributed by atoms with Gasteiger partial charge in [0.05, 0.1) is 0 Å². The van der Waals surface area contributed by atoms with Gasteiger partial charge in [0.15, 0.2) is 0 Å². The molecule has 0 amide bonds. The van der Waals surface area contributed by atoms with Crippen molar-refractivity contribution in [1.29, 1.82) is 0 Å². The first-order chi connectivity index (χ1) is 7.15. The van der Waals surface area contributed by atoms with E-state index >= 15 is 0 Å². The summed E-state index contributed by atoms with van der Waals surface area (Å²) in [6, 6.07) is 4.56. The lowest BCUT2D eigenvalue weighted by Crippen LogP contribution is -2.11. The van der Waals surface area contributed by atoms with Gasteiger partial charge in [-0.05, 0) is 37.1 Å². The molecule has 1 aromatic rings. The highest BCUT2D eigenvalue weighted by Crippen LogP contribution is 2.25. The Balaban J connectivity index is 2.61. The Morgan fingerprint density at radius 1 is 1.33 bits per heavy atom. The van der Waals surface area contributed by atoms with Gasteiger partial charge in [0.1, 0.15) is 5.82 Å². The molecule has 0 aliphatic carbocycles. The number of unbranched alkanes of at least 4 members (excludes halogenated alkanes) is 1. The minimum atomic E-state index is -0.250. The lowest BCUT2D eigenvalue weighted by atomic mass is 10.0. The smallest absolute Gasteiger partial charge is 0.124 e. The minimum Gasteiger partial charge on any atom is -0.330 e. The summed E-state index contributed by atoms with van der Waals surface area (Å²) in [6.45, 7) is 0.692. The van der Waals surface area contributed by atoms with Crippen LogP contribution in [0.25, 0.3) is 0 Å². The fraction of sp³-hybridized carbons (Fsp3) is 0.455. The minimum absolute atomic E-state index is 0.0495. The van der Waals surface area contributed by atoms with Crippen LogP contribution in [-0.2, 0) is 0 Å². The van der Waals surface area contributed by atoms with E-state index in [9.17, 15) is 4.39 Å². The summed E-state index contributed by atoms with van der Waals surface area (Å²) in [5.74, 6) is -0.250. The van der Waals surface area contributed by atoms with Crippen LogP contribution in [0.15, 0.2) is 22.7 Å². The summed E-state index contributed by atoms with van der Waals surface area (Å²) < 4.78 is 13.6. The third kappa shape index (κ3) is 3.89. The normalized spacial score (nSPS) is 12.8. The third-order valence-electron chi connectivity index (χ3n) is 2.33. The Hall–Kier alpha value is -0.450. The van der Waals surface area contributed by atoms with Crippen LogP contribution in [0, 0.1) is 5.82 Å². The highest BCUT2D eigenvalue weighted by molar-refractivity contribution is 9.10. The number of nitrogens with two attached hydrogens (primary N) is 2. The molecule has 15 heavy (non-hydrogen) atoms. The molecule has 4 heteroatoms. The molecular weight excluding hydrogens is 259 g/mol. The Morgan fingerprint density at radius 3 is 2.67 bits per heavy atom. The van der Waals surface area contributed by atoms with E-state index < -0.39 is 0 Å². The van der Waals surface area contributed by atoms with Gasteiger partial charge in [-0.1, -0.05) is 28.4 Å². The van der Waals surface area contributed by atoms with Crippen LogP contribution in [0.3, 0.4) is 0 Å². The molecule has 1 atom stereocenters. The van der Waals surface area contributed by atoms with E-state index in [-0.39, 0.29) is 11.9 Å². The first-order valence-corrected chi connectivity index (χ1v) is 5.85. The van der Waals surface area contributed by atoms with Crippen molar-refractivity contribution in [1.82, 2.24) is 0 Å². The van der Waals surface area contributed by atoms with Crippen LogP contribution in [-0.4, -0.2) is 6.54 Å². The first-order valence-electron chi connectivity index (χ1n) is 5.05. The fourth-order valence-corrected chi connectivity index (χ4v) is 2.11. The van der Waals surface area contributed by atoms with E-state index in [1.54, 1.807) is 6.07 Å². The lowest BCUT2D eigenvalue weighted by molar-refractivity contribution is 0.584. The molecule has 0 aromatic heterocycles. The Labute approximate surface area is 98.0 Å². The van der Waals surface area contributed by atoms with E-state index in [4.69, 9.17) is 11.5 Å². The van der Waals surface area contributed by atoms with Gasteiger partial charge < -0.3 is 11.5 Å². The summed E-state index contributed by atoms with van der Waals surface area (Å²) in [5, 5.41) is 0. The maximum atomic E-state index is 12.8. The van der Waals surface area contributed by atoms with Gasteiger partial charge in [0.2, 0.25) is 0 Å². The van der Waals surface area contributed by atoms with Gasteiger partial charge in [-0.2, -0.15) is 0 Å². The molecule has 0 spiro atoms.